The topological polar surface area (TPSA) is 29.9 Å². The molecule has 3 rings (SSSR count). The lowest BCUT2D eigenvalue weighted by molar-refractivity contribution is 0.627. The van der Waals surface area contributed by atoms with E-state index in [0.29, 0.717) is 6.54 Å². The average molecular weight is 267 g/mol. The third kappa shape index (κ3) is 2.85. The van der Waals surface area contributed by atoms with Crippen molar-refractivity contribution >= 4 is 5.69 Å². The predicted molar refractivity (Wildman–Crippen MR) is 77.3 cm³/mol. The van der Waals surface area contributed by atoms with E-state index in [0.717, 1.165) is 16.9 Å². The van der Waals surface area contributed by atoms with Gasteiger partial charge in [0.05, 0.1) is 5.69 Å². The molecule has 0 aliphatic heterocycles. The van der Waals surface area contributed by atoms with Gasteiger partial charge in [0, 0.05) is 24.6 Å². The number of hydrogen-bond donors (Lipinski definition) is 1. The van der Waals surface area contributed by atoms with Crippen LogP contribution in [-0.4, -0.2) is 9.78 Å². The van der Waals surface area contributed by atoms with Crippen molar-refractivity contribution in [2.45, 2.75) is 6.54 Å². The number of anilines is 1. The molecule has 20 heavy (non-hydrogen) atoms. The van der Waals surface area contributed by atoms with Crippen LogP contribution in [0.1, 0.15) is 5.56 Å². The van der Waals surface area contributed by atoms with Gasteiger partial charge in [-0.2, -0.15) is 5.10 Å². The smallest absolute Gasteiger partial charge is 0.123 e. The van der Waals surface area contributed by atoms with Crippen LogP contribution >= 0.6 is 0 Å². The van der Waals surface area contributed by atoms with E-state index < -0.39 is 0 Å². The van der Waals surface area contributed by atoms with Crippen molar-refractivity contribution < 1.29 is 4.39 Å². The van der Waals surface area contributed by atoms with E-state index in [9.17, 15) is 4.39 Å². The number of halogens is 1. The summed E-state index contributed by atoms with van der Waals surface area (Å²) in [4.78, 5) is 0. The molecule has 0 saturated carbocycles. The molecule has 3 aromatic rings. The first-order chi connectivity index (χ1) is 9.81. The van der Waals surface area contributed by atoms with Gasteiger partial charge >= 0.3 is 0 Å². The maximum absolute atomic E-state index is 12.8. The van der Waals surface area contributed by atoms with Crippen molar-refractivity contribution in [1.29, 1.82) is 0 Å². The van der Waals surface area contributed by atoms with Crippen molar-refractivity contribution in [2.75, 3.05) is 5.32 Å². The van der Waals surface area contributed by atoms with Crippen LogP contribution in [-0.2, 0) is 6.54 Å². The fourth-order valence-corrected chi connectivity index (χ4v) is 1.99. The SMILES string of the molecule is Fc1ccc(CNc2cccc(-n3cccn3)c2)cc1. The molecular weight excluding hydrogens is 253 g/mol. The van der Waals surface area contributed by atoms with Crippen molar-refractivity contribution in [3.63, 3.8) is 0 Å². The van der Waals surface area contributed by atoms with E-state index in [1.807, 2.05) is 41.2 Å². The highest BCUT2D eigenvalue weighted by Crippen LogP contribution is 2.15. The molecule has 0 unspecified atom stereocenters. The van der Waals surface area contributed by atoms with Gasteiger partial charge < -0.3 is 5.32 Å². The number of aromatic nitrogens is 2. The van der Waals surface area contributed by atoms with Crippen molar-refractivity contribution in [1.82, 2.24) is 9.78 Å². The van der Waals surface area contributed by atoms with Crippen LogP contribution in [0.25, 0.3) is 5.69 Å². The fourth-order valence-electron chi connectivity index (χ4n) is 1.99. The van der Waals surface area contributed by atoms with E-state index in [4.69, 9.17) is 0 Å². The Hall–Kier alpha value is -2.62. The summed E-state index contributed by atoms with van der Waals surface area (Å²) in [5.74, 6) is -0.213. The van der Waals surface area contributed by atoms with E-state index in [1.54, 1.807) is 18.3 Å². The van der Waals surface area contributed by atoms with Crippen molar-refractivity contribution in [3.8, 4) is 5.69 Å². The van der Waals surface area contributed by atoms with Gasteiger partial charge in [-0.1, -0.05) is 18.2 Å². The lowest BCUT2D eigenvalue weighted by Crippen LogP contribution is -2.01. The summed E-state index contributed by atoms with van der Waals surface area (Å²) in [5.41, 5.74) is 3.04. The molecule has 1 aromatic heterocycles. The van der Waals surface area contributed by atoms with Crippen LogP contribution < -0.4 is 5.32 Å². The standard InChI is InChI=1S/C16H14FN3/c17-14-7-5-13(6-8-14)12-18-15-3-1-4-16(11-15)20-10-2-9-19-20/h1-11,18H,12H2. The van der Waals surface area contributed by atoms with Gasteiger partial charge in [-0.3, -0.25) is 0 Å². The maximum Gasteiger partial charge on any atom is 0.123 e. The second-order valence-corrected chi connectivity index (χ2v) is 4.48. The van der Waals surface area contributed by atoms with Crippen LogP contribution in [0.3, 0.4) is 0 Å². The molecule has 0 spiro atoms. The quantitative estimate of drug-likeness (QED) is 0.782. The zero-order valence-electron chi connectivity index (χ0n) is 10.8. The molecule has 1 N–H and O–H groups in total. The molecule has 0 atom stereocenters. The van der Waals surface area contributed by atoms with E-state index >= 15 is 0 Å². The predicted octanol–water partition coefficient (Wildman–Crippen LogP) is 3.62. The molecule has 2 aromatic carbocycles. The number of rotatable bonds is 4. The zero-order valence-corrected chi connectivity index (χ0v) is 10.8. The Morgan fingerprint density at radius 1 is 1.05 bits per heavy atom. The van der Waals surface area contributed by atoms with Gasteiger partial charge in [-0.05, 0) is 42.0 Å². The number of benzene rings is 2. The van der Waals surface area contributed by atoms with Gasteiger partial charge in [0.1, 0.15) is 5.82 Å². The number of nitrogens with one attached hydrogen (secondary N) is 1. The molecule has 0 amide bonds. The van der Waals surface area contributed by atoms with Crippen molar-refractivity contribution in [3.05, 3.63) is 78.4 Å². The normalized spacial score (nSPS) is 10.4. The summed E-state index contributed by atoms with van der Waals surface area (Å²) in [6, 6.07) is 16.4. The first kappa shape index (κ1) is 12.4. The highest BCUT2D eigenvalue weighted by atomic mass is 19.1. The third-order valence-corrected chi connectivity index (χ3v) is 3.02. The number of hydrogen-bond acceptors (Lipinski definition) is 2. The minimum Gasteiger partial charge on any atom is -0.381 e. The fraction of sp³-hybridized carbons (Fsp3) is 0.0625. The first-order valence-corrected chi connectivity index (χ1v) is 6.40. The molecular formula is C16H14FN3. The molecule has 100 valence electrons. The highest BCUT2D eigenvalue weighted by molar-refractivity contribution is 5.51. The summed E-state index contributed by atoms with van der Waals surface area (Å²) in [6.07, 6.45) is 3.65. The average Bonchev–Trinajstić information content (AvgIpc) is 3.01. The van der Waals surface area contributed by atoms with Gasteiger partial charge in [-0.15, -0.1) is 0 Å². The highest BCUT2D eigenvalue weighted by Gasteiger charge is 1.99. The van der Waals surface area contributed by atoms with Gasteiger partial charge in [0.15, 0.2) is 0 Å². The Bertz CT molecular complexity index is 675. The molecule has 0 aliphatic rings. The van der Waals surface area contributed by atoms with Gasteiger partial charge in [0.25, 0.3) is 0 Å². The zero-order chi connectivity index (χ0) is 13.8. The second-order valence-electron chi connectivity index (χ2n) is 4.48. The molecule has 3 nitrogen and oxygen atoms in total. The van der Waals surface area contributed by atoms with E-state index in [-0.39, 0.29) is 5.82 Å². The lowest BCUT2D eigenvalue weighted by Gasteiger charge is -2.08. The molecule has 0 radical (unpaired) electrons. The monoisotopic (exact) mass is 267 g/mol. The summed E-state index contributed by atoms with van der Waals surface area (Å²) < 4.78 is 14.6. The molecule has 1 heterocycles. The molecule has 4 heteroatoms. The Kier molecular flexibility index (Phi) is 3.46. The maximum atomic E-state index is 12.8. The van der Waals surface area contributed by atoms with Crippen molar-refractivity contribution in [2.24, 2.45) is 0 Å². The summed E-state index contributed by atoms with van der Waals surface area (Å²) in [6.45, 7) is 0.656. The Morgan fingerprint density at radius 2 is 1.90 bits per heavy atom. The van der Waals surface area contributed by atoms with Crippen LogP contribution in [0.4, 0.5) is 10.1 Å². The largest absolute Gasteiger partial charge is 0.381 e. The minimum atomic E-state index is -0.213. The number of nitrogens with zero attached hydrogens (tertiary/aromatic N) is 2. The Balaban J connectivity index is 1.72. The van der Waals surface area contributed by atoms with Gasteiger partial charge in [0.2, 0.25) is 0 Å². The van der Waals surface area contributed by atoms with Crippen LogP contribution in [0.15, 0.2) is 67.0 Å². The van der Waals surface area contributed by atoms with E-state index in [1.165, 1.54) is 12.1 Å². The lowest BCUT2D eigenvalue weighted by atomic mass is 10.2. The molecule has 0 aliphatic carbocycles. The molecule has 0 saturated heterocycles. The Morgan fingerprint density at radius 3 is 2.65 bits per heavy atom. The van der Waals surface area contributed by atoms with Crippen LogP contribution in [0.2, 0.25) is 0 Å². The molecule has 0 fully saturated rings. The summed E-state index contributed by atoms with van der Waals surface area (Å²) in [7, 11) is 0. The minimum absolute atomic E-state index is 0.213. The van der Waals surface area contributed by atoms with Crippen LogP contribution in [0, 0.1) is 5.82 Å². The molecule has 0 bridgehead atoms. The second kappa shape index (κ2) is 5.57. The van der Waals surface area contributed by atoms with E-state index in [2.05, 4.69) is 10.4 Å². The van der Waals surface area contributed by atoms with Gasteiger partial charge in [-0.25, -0.2) is 9.07 Å². The summed E-state index contributed by atoms with van der Waals surface area (Å²) in [5, 5.41) is 7.52. The third-order valence-electron chi connectivity index (χ3n) is 3.02. The van der Waals surface area contributed by atoms with Crippen LogP contribution in [0.5, 0.6) is 0 Å². The summed E-state index contributed by atoms with van der Waals surface area (Å²) >= 11 is 0. The first-order valence-electron chi connectivity index (χ1n) is 6.40. The Labute approximate surface area is 116 Å².